The summed E-state index contributed by atoms with van der Waals surface area (Å²) < 4.78 is 15.3. The smallest absolute Gasteiger partial charge is 0.347 e. The lowest BCUT2D eigenvalue weighted by Gasteiger charge is -2.09. The molecule has 0 unspecified atom stereocenters. The van der Waals surface area contributed by atoms with E-state index in [9.17, 15) is 9.59 Å². The second-order valence-corrected chi connectivity index (χ2v) is 4.81. The molecule has 2 aromatic carbocycles. The van der Waals surface area contributed by atoms with Crippen LogP contribution in [0.1, 0.15) is 24.2 Å². The average molecular weight is 327 g/mol. The average Bonchev–Trinajstić information content (AvgIpc) is 2.56. The summed E-state index contributed by atoms with van der Waals surface area (Å²) in [6.45, 7) is 3.00. The normalized spacial score (nSPS) is 10.9. The zero-order valence-corrected chi connectivity index (χ0v) is 13.6. The molecule has 24 heavy (non-hydrogen) atoms. The molecule has 0 spiro atoms. The molecule has 0 saturated carbocycles. The van der Waals surface area contributed by atoms with Crippen LogP contribution in [-0.4, -0.2) is 24.9 Å². The fourth-order valence-corrected chi connectivity index (χ4v) is 1.86. The number of ether oxygens (including phenoxy) is 3. The minimum atomic E-state index is -0.615. The van der Waals surface area contributed by atoms with Gasteiger partial charge in [-0.3, -0.25) is 4.79 Å². The zero-order valence-electron chi connectivity index (χ0n) is 13.6. The molecule has 0 amide bonds. The molecule has 0 N–H and O–H groups in total. The first-order valence-corrected chi connectivity index (χ1v) is 7.18. The van der Waals surface area contributed by atoms with Gasteiger partial charge in [0.15, 0.2) is 5.90 Å². The summed E-state index contributed by atoms with van der Waals surface area (Å²) in [5.74, 6) is -0.0872. The van der Waals surface area contributed by atoms with Crippen LogP contribution in [0.5, 0.6) is 11.5 Å². The van der Waals surface area contributed by atoms with Crippen LogP contribution < -0.4 is 9.47 Å². The standard InChI is InChI=1S/C18H17NO5/c1-12(22-3)19-14-8-10-15(11-9-14)24-18(21)16-6-4-5-7-17(16)23-13(2)20/h4-11H,1-3H3/b19-12-. The summed E-state index contributed by atoms with van der Waals surface area (Å²) in [7, 11) is 1.54. The predicted octanol–water partition coefficient (Wildman–Crippen LogP) is 3.53. The monoisotopic (exact) mass is 327 g/mol. The number of nitrogens with zero attached hydrogens (tertiary/aromatic N) is 1. The van der Waals surface area contributed by atoms with E-state index in [1.165, 1.54) is 26.2 Å². The van der Waals surface area contributed by atoms with Crippen LogP contribution in [0, 0.1) is 0 Å². The molecule has 124 valence electrons. The fourth-order valence-electron chi connectivity index (χ4n) is 1.86. The summed E-state index contributed by atoms with van der Waals surface area (Å²) in [5, 5.41) is 0. The lowest BCUT2D eigenvalue weighted by molar-refractivity contribution is -0.131. The van der Waals surface area contributed by atoms with Gasteiger partial charge in [0.1, 0.15) is 17.1 Å². The number of methoxy groups -OCH3 is 1. The lowest BCUT2D eigenvalue weighted by Crippen LogP contribution is -2.12. The molecule has 2 aromatic rings. The Morgan fingerprint density at radius 1 is 0.917 bits per heavy atom. The van der Waals surface area contributed by atoms with Crippen molar-refractivity contribution >= 4 is 23.5 Å². The van der Waals surface area contributed by atoms with Crippen molar-refractivity contribution in [1.29, 1.82) is 0 Å². The van der Waals surface area contributed by atoms with Gasteiger partial charge >= 0.3 is 11.9 Å². The summed E-state index contributed by atoms with van der Waals surface area (Å²) in [5.41, 5.74) is 0.847. The molecule has 0 aliphatic heterocycles. The minimum Gasteiger partial charge on any atom is -0.484 e. The number of hydrogen-bond acceptors (Lipinski definition) is 6. The third kappa shape index (κ3) is 4.67. The second kappa shape index (κ2) is 7.92. The van der Waals surface area contributed by atoms with Gasteiger partial charge in [0, 0.05) is 13.8 Å². The molecule has 0 radical (unpaired) electrons. The van der Waals surface area contributed by atoms with Gasteiger partial charge in [0.25, 0.3) is 0 Å². The second-order valence-electron chi connectivity index (χ2n) is 4.81. The summed E-state index contributed by atoms with van der Waals surface area (Å²) in [6.07, 6.45) is 0. The van der Waals surface area contributed by atoms with Crippen LogP contribution >= 0.6 is 0 Å². The maximum absolute atomic E-state index is 12.3. The number of esters is 2. The first-order chi connectivity index (χ1) is 11.5. The molecule has 0 saturated heterocycles. The Morgan fingerprint density at radius 3 is 2.21 bits per heavy atom. The van der Waals surface area contributed by atoms with E-state index in [0.717, 1.165) is 0 Å². The van der Waals surface area contributed by atoms with E-state index < -0.39 is 11.9 Å². The molecule has 0 fully saturated rings. The van der Waals surface area contributed by atoms with Gasteiger partial charge in [-0.1, -0.05) is 12.1 Å². The van der Waals surface area contributed by atoms with Crippen molar-refractivity contribution in [3.8, 4) is 11.5 Å². The van der Waals surface area contributed by atoms with E-state index in [-0.39, 0.29) is 11.3 Å². The highest BCUT2D eigenvalue weighted by molar-refractivity contribution is 5.94. The molecule has 0 aliphatic rings. The third-order valence-electron chi connectivity index (χ3n) is 2.99. The van der Waals surface area contributed by atoms with Gasteiger partial charge in [-0.2, -0.15) is 0 Å². The predicted molar refractivity (Wildman–Crippen MR) is 88.9 cm³/mol. The topological polar surface area (TPSA) is 74.2 Å². The Labute approximate surface area is 139 Å². The number of rotatable bonds is 4. The Kier molecular flexibility index (Phi) is 5.68. The molecular formula is C18H17NO5. The van der Waals surface area contributed by atoms with Crippen LogP contribution in [-0.2, 0) is 9.53 Å². The van der Waals surface area contributed by atoms with E-state index >= 15 is 0 Å². The van der Waals surface area contributed by atoms with Crippen LogP contribution in [0.15, 0.2) is 53.5 Å². The van der Waals surface area contributed by atoms with Gasteiger partial charge in [-0.05, 0) is 36.4 Å². The van der Waals surface area contributed by atoms with Crippen molar-refractivity contribution in [1.82, 2.24) is 0 Å². The van der Waals surface area contributed by atoms with Crippen molar-refractivity contribution < 1.29 is 23.8 Å². The van der Waals surface area contributed by atoms with E-state index in [2.05, 4.69) is 4.99 Å². The van der Waals surface area contributed by atoms with Crippen molar-refractivity contribution in [2.24, 2.45) is 4.99 Å². The molecule has 0 atom stereocenters. The van der Waals surface area contributed by atoms with Crippen molar-refractivity contribution in [3.63, 3.8) is 0 Å². The molecule has 6 heteroatoms. The highest BCUT2D eigenvalue weighted by Crippen LogP contribution is 2.23. The van der Waals surface area contributed by atoms with Crippen LogP contribution in [0.3, 0.4) is 0 Å². The maximum atomic E-state index is 12.3. The van der Waals surface area contributed by atoms with E-state index in [1.54, 1.807) is 43.3 Å². The Bertz CT molecular complexity index is 765. The minimum absolute atomic E-state index is 0.159. The first-order valence-electron chi connectivity index (χ1n) is 7.18. The molecular weight excluding hydrogens is 310 g/mol. The van der Waals surface area contributed by atoms with Crippen molar-refractivity contribution in [3.05, 3.63) is 54.1 Å². The highest BCUT2D eigenvalue weighted by Gasteiger charge is 2.15. The summed E-state index contributed by atoms with van der Waals surface area (Å²) in [6, 6.07) is 13.0. The number of carbonyl (C=O) groups is 2. The van der Waals surface area contributed by atoms with Gasteiger partial charge in [-0.15, -0.1) is 0 Å². The molecule has 0 aliphatic carbocycles. The van der Waals surface area contributed by atoms with Crippen LogP contribution in [0.25, 0.3) is 0 Å². The largest absolute Gasteiger partial charge is 0.484 e. The molecule has 2 rings (SSSR count). The number of para-hydroxylation sites is 1. The van der Waals surface area contributed by atoms with Gasteiger partial charge in [0.05, 0.1) is 12.8 Å². The Balaban J connectivity index is 2.14. The SMILES string of the molecule is CO/C(C)=N\c1ccc(OC(=O)c2ccccc2OC(C)=O)cc1. The number of hydrogen-bond donors (Lipinski definition) is 0. The van der Waals surface area contributed by atoms with Crippen LogP contribution in [0.2, 0.25) is 0 Å². The fraction of sp³-hybridized carbons (Fsp3) is 0.167. The number of aliphatic imine (C=N–C) groups is 1. The van der Waals surface area contributed by atoms with Crippen LogP contribution in [0.4, 0.5) is 5.69 Å². The summed E-state index contributed by atoms with van der Waals surface area (Å²) in [4.78, 5) is 27.6. The Hall–Kier alpha value is -3.15. The quantitative estimate of drug-likeness (QED) is 0.372. The molecule has 0 aromatic heterocycles. The van der Waals surface area contributed by atoms with Crippen molar-refractivity contribution in [2.75, 3.05) is 7.11 Å². The molecule has 0 bridgehead atoms. The first kappa shape index (κ1) is 17.2. The molecule has 0 heterocycles. The zero-order chi connectivity index (χ0) is 17.5. The maximum Gasteiger partial charge on any atom is 0.347 e. The van der Waals surface area contributed by atoms with E-state index in [1.807, 2.05) is 0 Å². The highest BCUT2D eigenvalue weighted by atomic mass is 16.5. The van der Waals surface area contributed by atoms with Gasteiger partial charge in [0.2, 0.25) is 0 Å². The Morgan fingerprint density at radius 2 is 1.58 bits per heavy atom. The molecule has 6 nitrogen and oxygen atoms in total. The number of carbonyl (C=O) groups excluding carboxylic acids is 2. The van der Waals surface area contributed by atoms with Gasteiger partial charge in [-0.25, -0.2) is 9.79 Å². The summed E-state index contributed by atoms with van der Waals surface area (Å²) >= 11 is 0. The number of benzene rings is 2. The lowest BCUT2D eigenvalue weighted by atomic mass is 10.2. The van der Waals surface area contributed by atoms with E-state index in [0.29, 0.717) is 17.3 Å². The van der Waals surface area contributed by atoms with Crippen molar-refractivity contribution in [2.45, 2.75) is 13.8 Å². The third-order valence-corrected chi connectivity index (χ3v) is 2.99. The van der Waals surface area contributed by atoms with Gasteiger partial charge < -0.3 is 14.2 Å². The van der Waals surface area contributed by atoms with E-state index in [4.69, 9.17) is 14.2 Å².